The number of carboxylic acid groups (broad SMARTS) is 2. The standard InChI is InChI=1S/C14H16O11/c1-23-10-5(15)2-4(12(19)20)3-6(10)24-14-9(18)7(16)8(17)11(25-14)13(21)22/h2-3,7-9,11,14-18H,1H3,(H,19,20)(H,21,22)/t7-,8?,9?,11-,14+/m0/s1. The zero-order valence-corrected chi connectivity index (χ0v) is 12.8. The molecule has 1 aliphatic rings. The molecule has 0 amide bonds. The van der Waals surface area contributed by atoms with Crippen molar-refractivity contribution in [3.05, 3.63) is 17.7 Å². The van der Waals surface area contributed by atoms with Crippen LogP contribution in [0.3, 0.4) is 0 Å². The van der Waals surface area contributed by atoms with Gasteiger partial charge in [-0.15, -0.1) is 0 Å². The number of hydrogen-bond donors (Lipinski definition) is 6. The number of hydrogen-bond acceptors (Lipinski definition) is 9. The van der Waals surface area contributed by atoms with E-state index in [1.807, 2.05) is 0 Å². The lowest BCUT2D eigenvalue weighted by Gasteiger charge is -2.38. The summed E-state index contributed by atoms with van der Waals surface area (Å²) in [5, 5.41) is 57.0. The van der Waals surface area contributed by atoms with Crippen molar-refractivity contribution in [3.63, 3.8) is 0 Å². The quantitative estimate of drug-likeness (QED) is 0.354. The second kappa shape index (κ2) is 7.11. The van der Waals surface area contributed by atoms with Gasteiger partial charge in [0.2, 0.25) is 12.0 Å². The van der Waals surface area contributed by atoms with Gasteiger partial charge < -0.3 is 44.8 Å². The molecule has 0 aliphatic carbocycles. The topological polar surface area (TPSA) is 183 Å². The Hall–Kier alpha value is -2.60. The van der Waals surface area contributed by atoms with E-state index in [1.54, 1.807) is 0 Å². The van der Waals surface area contributed by atoms with E-state index >= 15 is 0 Å². The van der Waals surface area contributed by atoms with Gasteiger partial charge in [-0.2, -0.15) is 0 Å². The smallest absolute Gasteiger partial charge is 0.335 e. The van der Waals surface area contributed by atoms with Crippen molar-refractivity contribution in [1.29, 1.82) is 0 Å². The van der Waals surface area contributed by atoms with Gasteiger partial charge in [0, 0.05) is 0 Å². The third-order valence-electron chi connectivity index (χ3n) is 3.54. The number of phenolic OH excluding ortho intramolecular Hbond substituents is 1. The van der Waals surface area contributed by atoms with Crippen LogP contribution in [-0.2, 0) is 9.53 Å². The van der Waals surface area contributed by atoms with Gasteiger partial charge in [0.1, 0.15) is 18.3 Å². The van der Waals surface area contributed by atoms with Crippen molar-refractivity contribution in [1.82, 2.24) is 0 Å². The summed E-state index contributed by atoms with van der Waals surface area (Å²) in [4.78, 5) is 22.1. The van der Waals surface area contributed by atoms with Crippen LogP contribution in [0, 0.1) is 0 Å². The van der Waals surface area contributed by atoms with Crippen LogP contribution in [0.15, 0.2) is 12.1 Å². The van der Waals surface area contributed by atoms with Gasteiger partial charge in [-0.25, -0.2) is 9.59 Å². The van der Waals surface area contributed by atoms with Crippen LogP contribution in [0.2, 0.25) is 0 Å². The summed E-state index contributed by atoms with van der Waals surface area (Å²) in [7, 11) is 1.15. The molecule has 138 valence electrons. The number of rotatable bonds is 5. The number of aromatic hydroxyl groups is 1. The lowest BCUT2D eigenvalue weighted by Crippen LogP contribution is -2.61. The minimum atomic E-state index is -1.91. The largest absolute Gasteiger partial charge is 0.504 e. The maximum Gasteiger partial charge on any atom is 0.335 e. The highest BCUT2D eigenvalue weighted by atomic mass is 16.7. The van der Waals surface area contributed by atoms with Gasteiger partial charge >= 0.3 is 11.9 Å². The molecule has 0 spiro atoms. The Morgan fingerprint density at radius 1 is 1.08 bits per heavy atom. The number of aromatic carboxylic acids is 1. The Balaban J connectivity index is 2.37. The van der Waals surface area contributed by atoms with E-state index in [9.17, 15) is 30.0 Å². The van der Waals surface area contributed by atoms with Crippen LogP contribution in [0.4, 0.5) is 0 Å². The number of aliphatic hydroxyl groups excluding tert-OH is 3. The van der Waals surface area contributed by atoms with Gasteiger partial charge in [0.25, 0.3) is 0 Å². The summed E-state index contributed by atoms with van der Waals surface area (Å²) >= 11 is 0. The molecule has 1 heterocycles. The highest BCUT2D eigenvalue weighted by Crippen LogP contribution is 2.39. The summed E-state index contributed by atoms with van der Waals surface area (Å²) < 4.78 is 15.0. The normalized spacial score (nSPS) is 29.0. The summed E-state index contributed by atoms with van der Waals surface area (Å²) in [6, 6.07) is 1.84. The number of aliphatic carboxylic acids is 1. The van der Waals surface area contributed by atoms with Crippen molar-refractivity contribution >= 4 is 11.9 Å². The number of benzene rings is 1. The van der Waals surface area contributed by atoms with E-state index in [0.717, 1.165) is 19.2 Å². The second-order valence-electron chi connectivity index (χ2n) is 5.18. The van der Waals surface area contributed by atoms with E-state index < -0.39 is 48.4 Å². The lowest BCUT2D eigenvalue weighted by molar-refractivity contribution is -0.271. The van der Waals surface area contributed by atoms with Gasteiger partial charge in [0.05, 0.1) is 12.7 Å². The summed E-state index contributed by atoms with van der Waals surface area (Å²) in [5.41, 5.74) is -0.381. The maximum absolute atomic E-state index is 11.1. The first-order valence-corrected chi connectivity index (χ1v) is 6.90. The van der Waals surface area contributed by atoms with Crippen molar-refractivity contribution < 1.29 is 54.4 Å². The molecule has 1 saturated heterocycles. The van der Waals surface area contributed by atoms with Crippen LogP contribution >= 0.6 is 0 Å². The number of ether oxygens (including phenoxy) is 3. The molecule has 0 radical (unpaired) electrons. The third kappa shape index (κ3) is 3.58. The first-order valence-electron chi connectivity index (χ1n) is 6.90. The number of carboxylic acids is 2. The fraction of sp³-hybridized carbons (Fsp3) is 0.429. The van der Waals surface area contributed by atoms with Crippen molar-refractivity contribution in [2.75, 3.05) is 7.11 Å². The Bertz CT molecular complexity index is 673. The highest BCUT2D eigenvalue weighted by Gasteiger charge is 2.48. The minimum absolute atomic E-state index is 0.298. The Morgan fingerprint density at radius 2 is 1.72 bits per heavy atom. The Kier molecular flexibility index (Phi) is 5.33. The average molecular weight is 360 g/mol. The van der Waals surface area contributed by atoms with Crippen LogP contribution in [0.1, 0.15) is 10.4 Å². The first-order chi connectivity index (χ1) is 11.7. The number of aliphatic hydroxyl groups is 3. The van der Waals surface area contributed by atoms with E-state index in [2.05, 4.69) is 0 Å². The summed E-state index contributed by atoms with van der Waals surface area (Å²) in [6.45, 7) is 0. The zero-order chi connectivity index (χ0) is 18.9. The Morgan fingerprint density at radius 3 is 2.24 bits per heavy atom. The third-order valence-corrected chi connectivity index (χ3v) is 3.54. The molecule has 1 fully saturated rings. The van der Waals surface area contributed by atoms with Gasteiger partial charge in [0.15, 0.2) is 17.6 Å². The lowest BCUT2D eigenvalue weighted by atomic mass is 9.99. The van der Waals surface area contributed by atoms with E-state index in [-0.39, 0.29) is 17.1 Å². The molecular formula is C14H16O11. The van der Waals surface area contributed by atoms with E-state index in [0.29, 0.717) is 0 Å². The summed E-state index contributed by atoms with van der Waals surface area (Å²) in [6.07, 6.45) is -9.34. The molecule has 5 atom stereocenters. The van der Waals surface area contributed by atoms with Crippen molar-refractivity contribution in [2.45, 2.75) is 30.7 Å². The molecule has 1 aromatic carbocycles. The molecule has 6 N–H and O–H groups in total. The predicted octanol–water partition coefficient (Wildman–Crippen LogP) is -1.63. The second-order valence-corrected chi connectivity index (χ2v) is 5.18. The van der Waals surface area contributed by atoms with Gasteiger partial charge in [-0.1, -0.05) is 0 Å². The SMILES string of the molecule is COc1c(O)cc(C(=O)O)cc1O[C@@H]1O[C@H](C(=O)O)C(O)[C@H](O)C1O. The fourth-order valence-corrected chi connectivity index (χ4v) is 2.28. The van der Waals surface area contributed by atoms with E-state index in [4.69, 9.17) is 24.4 Å². The van der Waals surface area contributed by atoms with Gasteiger partial charge in [-0.3, -0.25) is 0 Å². The molecule has 1 aromatic rings. The molecule has 11 heteroatoms. The zero-order valence-electron chi connectivity index (χ0n) is 12.8. The van der Waals surface area contributed by atoms with Crippen LogP contribution in [0.25, 0.3) is 0 Å². The Labute approximate surface area is 140 Å². The number of carbonyl (C=O) groups is 2. The predicted molar refractivity (Wildman–Crippen MR) is 76.6 cm³/mol. The molecule has 2 rings (SSSR count). The maximum atomic E-state index is 11.1. The fourth-order valence-electron chi connectivity index (χ4n) is 2.28. The summed E-state index contributed by atoms with van der Waals surface area (Å²) in [5.74, 6) is -4.27. The molecule has 11 nitrogen and oxygen atoms in total. The number of phenols is 1. The van der Waals surface area contributed by atoms with Crippen LogP contribution < -0.4 is 9.47 Å². The molecule has 2 unspecified atom stereocenters. The van der Waals surface area contributed by atoms with Crippen LogP contribution in [0.5, 0.6) is 17.2 Å². The molecule has 25 heavy (non-hydrogen) atoms. The highest BCUT2D eigenvalue weighted by molar-refractivity contribution is 5.89. The first kappa shape index (κ1) is 18.7. The average Bonchev–Trinajstić information content (AvgIpc) is 2.54. The molecule has 0 aromatic heterocycles. The molecule has 0 saturated carbocycles. The van der Waals surface area contributed by atoms with Gasteiger partial charge in [-0.05, 0) is 12.1 Å². The number of methoxy groups -OCH3 is 1. The molecular weight excluding hydrogens is 344 g/mol. The van der Waals surface area contributed by atoms with Crippen LogP contribution in [-0.4, -0.2) is 80.4 Å². The monoisotopic (exact) mass is 360 g/mol. The minimum Gasteiger partial charge on any atom is -0.504 e. The molecule has 0 bridgehead atoms. The molecule has 1 aliphatic heterocycles. The van der Waals surface area contributed by atoms with E-state index in [1.165, 1.54) is 0 Å². The van der Waals surface area contributed by atoms with Crippen molar-refractivity contribution in [3.8, 4) is 17.2 Å². The van der Waals surface area contributed by atoms with Crippen molar-refractivity contribution in [2.24, 2.45) is 0 Å².